The molecule has 0 unspecified atom stereocenters. The lowest BCUT2D eigenvalue weighted by Gasteiger charge is -1.83. The highest BCUT2D eigenvalue weighted by Gasteiger charge is 1.89. The Kier molecular flexibility index (Phi) is 0.717. The maximum absolute atomic E-state index is 3.82. The summed E-state index contributed by atoms with van der Waals surface area (Å²) >= 11 is 0. The minimum atomic E-state index is 0.713. The smallest absolute Gasteiger partial charge is 0.182 e. The van der Waals surface area contributed by atoms with Crippen LogP contribution in [-0.4, -0.2) is 24.8 Å². The van der Waals surface area contributed by atoms with E-state index in [0.717, 1.165) is 0 Å². The summed E-state index contributed by atoms with van der Waals surface area (Å²) in [6.07, 6.45) is 4.79. The Bertz CT molecular complexity index is 283. The van der Waals surface area contributed by atoms with Gasteiger partial charge in [0.15, 0.2) is 5.65 Å². The first-order chi connectivity index (χ1) is 4.47. The Balaban J connectivity index is 2.95. The Morgan fingerprint density at radius 3 is 3.22 bits per heavy atom. The summed E-state index contributed by atoms with van der Waals surface area (Å²) in [6.45, 7) is 0. The van der Waals surface area contributed by atoms with Crippen molar-refractivity contribution in [2.75, 3.05) is 0 Å². The minimum Gasteiger partial charge on any atom is -0.271 e. The second kappa shape index (κ2) is 1.48. The van der Waals surface area contributed by atoms with Crippen LogP contribution in [0.1, 0.15) is 0 Å². The molecule has 2 heterocycles. The first-order valence-electron chi connectivity index (χ1n) is 2.43. The fraction of sp³-hybridized carbons (Fsp3) is 0. The number of rotatable bonds is 0. The number of nitrogens with zero attached hydrogens (tertiary/aromatic N) is 5. The molecule has 0 aromatic carbocycles. The van der Waals surface area contributed by atoms with Gasteiger partial charge in [0.25, 0.3) is 0 Å². The zero-order valence-electron chi connectivity index (χ0n) is 4.47. The van der Waals surface area contributed by atoms with Crippen molar-refractivity contribution in [3.05, 3.63) is 18.9 Å². The Morgan fingerprint density at radius 1 is 1.33 bits per heavy atom. The predicted molar refractivity (Wildman–Crippen MR) is 28.6 cm³/mol. The molecule has 2 rings (SSSR count). The third-order valence-electron chi connectivity index (χ3n) is 1.02. The third kappa shape index (κ3) is 0.543. The standard InChI is InChI=1S/C4H3N5/c1-4-7-8-6-3-9(4)2-5-1/h1-3H. The van der Waals surface area contributed by atoms with Crippen LogP contribution < -0.4 is 0 Å². The second-order valence-electron chi connectivity index (χ2n) is 1.58. The zero-order valence-corrected chi connectivity index (χ0v) is 4.47. The van der Waals surface area contributed by atoms with Gasteiger partial charge in [-0.1, -0.05) is 0 Å². The maximum Gasteiger partial charge on any atom is 0.182 e. The first-order valence-corrected chi connectivity index (χ1v) is 2.43. The summed E-state index contributed by atoms with van der Waals surface area (Å²) in [6, 6.07) is 0. The van der Waals surface area contributed by atoms with Gasteiger partial charge in [0.2, 0.25) is 0 Å². The quantitative estimate of drug-likeness (QED) is 0.472. The molecule has 0 aliphatic carbocycles. The highest BCUT2D eigenvalue weighted by atomic mass is 15.4. The van der Waals surface area contributed by atoms with Crippen molar-refractivity contribution in [2.45, 2.75) is 0 Å². The largest absolute Gasteiger partial charge is 0.271 e. The van der Waals surface area contributed by atoms with Crippen molar-refractivity contribution in [3.8, 4) is 0 Å². The SMILES string of the molecule is c1ncn2cnnnc12. The molecular weight excluding hydrogens is 118 g/mol. The normalized spacial score (nSPS) is 10.2. The van der Waals surface area contributed by atoms with Gasteiger partial charge in [0.05, 0.1) is 6.20 Å². The molecule has 0 amide bonds. The van der Waals surface area contributed by atoms with Crippen LogP contribution in [0.5, 0.6) is 0 Å². The van der Waals surface area contributed by atoms with Crippen LogP contribution in [0.15, 0.2) is 18.9 Å². The Hall–Kier alpha value is -1.52. The highest BCUT2D eigenvalue weighted by Crippen LogP contribution is 1.89. The molecule has 0 saturated carbocycles. The predicted octanol–water partition coefficient (Wildman–Crippen LogP) is -0.481. The van der Waals surface area contributed by atoms with E-state index in [2.05, 4.69) is 20.4 Å². The molecule has 9 heavy (non-hydrogen) atoms. The third-order valence-corrected chi connectivity index (χ3v) is 1.02. The van der Waals surface area contributed by atoms with Crippen molar-refractivity contribution in [2.24, 2.45) is 0 Å². The van der Waals surface area contributed by atoms with Gasteiger partial charge in [-0.25, -0.2) is 4.98 Å². The van der Waals surface area contributed by atoms with E-state index in [1.165, 1.54) is 0 Å². The minimum absolute atomic E-state index is 0.713. The summed E-state index contributed by atoms with van der Waals surface area (Å²) in [5.41, 5.74) is 0.713. The topological polar surface area (TPSA) is 56.0 Å². The van der Waals surface area contributed by atoms with Crippen LogP contribution >= 0.6 is 0 Å². The average molecular weight is 121 g/mol. The molecule has 0 saturated heterocycles. The van der Waals surface area contributed by atoms with E-state index in [9.17, 15) is 0 Å². The number of imidazole rings is 1. The molecule has 0 fully saturated rings. The molecule has 0 bridgehead atoms. The zero-order chi connectivity index (χ0) is 6.10. The summed E-state index contributed by atoms with van der Waals surface area (Å²) < 4.78 is 1.69. The van der Waals surface area contributed by atoms with Crippen molar-refractivity contribution >= 4 is 5.65 Å². The molecular formula is C4H3N5. The van der Waals surface area contributed by atoms with Crippen molar-refractivity contribution in [3.63, 3.8) is 0 Å². The van der Waals surface area contributed by atoms with Gasteiger partial charge in [-0.15, -0.1) is 10.2 Å². The van der Waals surface area contributed by atoms with Gasteiger partial charge in [0, 0.05) is 0 Å². The molecule has 44 valence electrons. The van der Waals surface area contributed by atoms with Crippen LogP contribution in [0.2, 0.25) is 0 Å². The van der Waals surface area contributed by atoms with Crippen molar-refractivity contribution in [1.82, 2.24) is 24.8 Å². The fourth-order valence-electron chi connectivity index (χ4n) is 0.614. The first kappa shape index (κ1) is 4.37. The van der Waals surface area contributed by atoms with Crippen LogP contribution in [0.25, 0.3) is 5.65 Å². The molecule has 2 aromatic rings. The summed E-state index contributed by atoms with van der Waals surface area (Å²) in [5, 5.41) is 10.7. The lowest BCUT2D eigenvalue weighted by atomic mass is 10.8. The van der Waals surface area contributed by atoms with E-state index in [4.69, 9.17) is 0 Å². The van der Waals surface area contributed by atoms with Crippen LogP contribution in [0, 0.1) is 0 Å². The average Bonchev–Trinajstić information content (AvgIpc) is 2.33. The van der Waals surface area contributed by atoms with Gasteiger partial charge in [-0.05, 0) is 5.21 Å². The molecule has 0 atom stereocenters. The number of hydrogen-bond acceptors (Lipinski definition) is 4. The summed E-state index contributed by atoms with van der Waals surface area (Å²) in [5.74, 6) is 0. The fourth-order valence-corrected chi connectivity index (χ4v) is 0.614. The summed E-state index contributed by atoms with van der Waals surface area (Å²) in [4.78, 5) is 3.82. The van der Waals surface area contributed by atoms with E-state index in [0.29, 0.717) is 5.65 Å². The van der Waals surface area contributed by atoms with E-state index < -0.39 is 0 Å². The number of fused-ring (bicyclic) bond motifs is 1. The lowest BCUT2D eigenvalue weighted by Crippen LogP contribution is -1.90. The van der Waals surface area contributed by atoms with E-state index >= 15 is 0 Å². The molecule has 0 aliphatic rings. The van der Waals surface area contributed by atoms with E-state index in [-0.39, 0.29) is 0 Å². The number of hydrogen-bond donors (Lipinski definition) is 0. The van der Waals surface area contributed by atoms with Gasteiger partial charge >= 0.3 is 0 Å². The second-order valence-corrected chi connectivity index (χ2v) is 1.58. The van der Waals surface area contributed by atoms with Crippen LogP contribution in [-0.2, 0) is 0 Å². The number of aromatic nitrogens is 5. The van der Waals surface area contributed by atoms with Crippen LogP contribution in [0.4, 0.5) is 0 Å². The van der Waals surface area contributed by atoms with E-state index in [1.54, 1.807) is 23.3 Å². The monoisotopic (exact) mass is 121 g/mol. The van der Waals surface area contributed by atoms with Gasteiger partial charge in [-0.2, -0.15) is 0 Å². The molecule has 5 heteroatoms. The lowest BCUT2D eigenvalue weighted by molar-refractivity contribution is 0.825. The van der Waals surface area contributed by atoms with Gasteiger partial charge in [-0.3, -0.25) is 4.40 Å². The molecule has 0 N–H and O–H groups in total. The van der Waals surface area contributed by atoms with Crippen LogP contribution in [0.3, 0.4) is 0 Å². The Morgan fingerprint density at radius 2 is 2.33 bits per heavy atom. The van der Waals surface area contributed by atoms with E-state index in [1.807, 2.05) is 0 Å². The highest BCUT2D eigenvalue weighted by molar-refractivity contribution is 5.30. The molecule has 0 spiro atoms. The van der Waals surface area contributed by atoms with Gasteiger partial charge in [0.1, 0.15) is 12.7 Å². The Labute approximate surface area is 50.4 Å². The maximum atomic E-state index is 3.82. The molecule has 5 nitrogen and oxygen atoms in total. The molecule has 0 radical (unpaired) electrons. The van der Waals surface area contributed by atoms with Crippen molar-refractivity contribution in [1.29, 1.82) is 0 Å². The summed E-state index contributed by atoms with van der Waals surface area (Å²) in [7, 11) is 0. The molecule has 2 aromatic heterocycles. The molecule has 0 aliphatic heterocycles. The van der Waals surface area contributed by atoms with Crippen molar-refractivity contribution < 1.29 is 0 Å². The van der Waals surface area contributed by atoms with Gasteiger partial charge < -0.3 is 0 Å².